The fourth-order valence-electron chi connectivity index (χ4n) is 4.31. The number of guanidine groups is 1. The molecule has 1 aliphatic carbocycles. The van der Waals surface area contributed by atoms with Crippen LogP contribution >= 0.6 is 0 Å². The molecule has 1 fully saturated rings. The average Bonchev–Trinajstić information content (AvgIpc) is 2.79. The second-order valence-corrected chi connectivity index (χ2v) is 8.15. The molecule has 0 saturated heterocycles. The number of aryl methyl sites for hydroxylation is 1. The van der Waals surface area contributed by atoms with Gasteiger partial charge in [0.05, 0.1) is 5.56 Å². The topological polar surface area (TPSA) is 115 Å². The smallest absolute Gasteiger partial charge is 0.253 e. The Bertz CT molecular complexity index is 971. The van der Waals surface area contributed by atoms with E-state index >= 15 is 0 Å². The van der Waals surface area contributed by atoms with Crippen LogP contribution in [0.5, 0.6) is 0 Å². The molecule has 0 bridgehead atoms. The first-order valence-electron chi connectivity index (χ1n) is 10.6. The first kappa shape index (κ1) is 22.2. The molecule has 162 valence electrons. The van der Waals surface area contributed by atoms with Crippen molar-refractivity contribution < 1.29 is 4.79 Å². The molecular weight excluding hydrogens is 388 g/mol. The molecule has 1 amide bonds. The molecule has 0 aromatic heterocycles. The number of amides is 1. The lowest BCUT2D eigenvalue weighted by atomic mass is 9.68. The maximum atomic E-state index is 12.9. The van der Waals surface area contributed by atoms with Gasteiger partial charge in [-0.05, 0) is 55.9 Å². The predicted molar refractivity (Wildman–Crippen MR) is 124 cm³/mol. The molecule has 0 heterocycles. The summed E-state index contributed by atoms with van der Waals surface area (Å²) in [7, 11) is 1.65. The van der Waals surface area contributed by atoms with Crippen LogP contribution in [0.25, 0.3) is 0 Å². The fourth-order valence-corrected chi connectivity index (χ4v) is 4.31. The van der Waals surface area contributed by atoms with Crippen molar-refractivity contribution in [2.24, 2.45) is 4.99 Å². The van der Waals surface area contributed by atoms with E-state index in [0.717, 1.165) is 31.2 Å². The van der Waals surface area contributed by atoms with Crippen molar-refractivity contribution >= 4 is 17.6 Å². The summed E-state index contributed by atoms with van der Waals surface area (Å²) in [6.45, 7) is 2.50. The van der Waals surface area contributed by atoms with Crippen molar-refractivity contribution in [2.45, 2.75) is 44.1 Å². The third-order valence-corrected chi connectivity index (χ3v) is 6.11. The molecule has 2 aromatic rings. The van der Waals surface area contributed by atoms with Gasteiger partial charge in [0.1, 0.15) is 0 Å². The lowest BCUT2D eigenvalue weighted by molar-refractivity contribution is 0.0936. The van der Waals surface area contributed by atoms with Gasteiger partial charge in [-0.25, -0.2) is 0 Å². The van der Waals surface area contributed by atoms with Crippen LogP contribution < -0.4 is 21.7 Å². The number of hydrogen-bond donors (Lipinski definition) is 4. The number of carbonyl (C=O) groups excluding carboxylic acids is 1. The van der Waals surface area contributed by atoms with Gasteiger partial charge in [0.25, 0.3) is 5.91 Å². The number of nitrogen functional groups attached to an aromatic ring is 1. The van der Waals surface area contributed by atoms with Crippen LogP contribution in [0, 0.1) is 18.4 Å². The minimum absolute atomic E-state index is 0.147. The summed E-state index contributed by atoms with van der Waals surface area (Å²) in [5.74, 6) is 0.342. The highest BCUT2D eigenvalue weighted by Crippen LogP contribution is 2.39. The van der Waals surface area contributed by atoms with Gasteiger partial charge in [-0.3, -0.25) is 15.1 Å². The number of nitrogens with zero attached hydrogens (tertiary/aromatic N) is 2. The van der Waals surface area contributed by atoms with E-state index in [4.69, 9.17) is 11.0 Å². The summed E-state index contributed by atoms with van der Waals surface area (Å²) < 4.78 is 0. The SMILES string of the molecule is CN=C(NC#N)NC1CCC(CNC(=O)c2ccc(C)cc2N)(c2ccccc2)CC1. The van der Waals surface area contributed by atoms with Crippen LogP contribution in [0.3, 0.4) is 0 Å². The lowest BCUT2D eigenvalue weighted by Crippen LogP contribution is -2.49. The van der Waals surface area contributed by atoms with Crippen LogP contribution in [-0.4, -0.2) is 31.5 Å². The molecule has 31 heavy (non-hydrogen) atoms. The largest absolute Gasteiger partial charge is 0.398 e. The number of aliphatic imine (C=N–C) groups is 1. The summed E-state index contributed by atoms with van der Waals surface area (Å²) >= 11 is 0. The molecule has 0 aliphatic heterocycles. The molecule has 3 rings (SSSR count). The number of nitriles is 1. The zero-order valence-electron chi connectivity index (χ0n) is 18.1. The minimum atomic E-state index is -0.152. The van der Waals surface area contributed by atoms with E-state index in [1.807, 2.05) is 43.4 Å². The van der Waals surface area contributed by atoms with Gasteiger partial charge in [0, 0.05) is 30.7 Å². The summed E-state index contributed by atoms with van der Waals surface area (Å²) in [6, 6.07) is 16.1. The van der Waals surface area contributed by atoms with Gasteiger partial charge in [-0.15, -0.1) is 0 Å². The third kappa shape index (κ3) is 5.34. The van der Waals surface area contributed by atoms with E-state index in [-0.39, 0.29) is 17.4 Å². The zero-order chi connectivity index (χ0) is 22.3. The number of benzene rings is 2. The van der Waals surface area contributed by atoms with Crippen molar-refractivity contribution in [3.8, 4) is 6.19 Å². The predicted octanol–water partition coefficient (Wildman–Crippen LogP) is 2.83. The van der Waals surface area contributed by atoms with Crippen molar-refractivity contribution in [3.05, 3.63) is 65.2 Å². The van der Waals surface area contributed by atoms with Crippen LogP contribution in [0.4, 0.5) is 5.69 Å². The Kier molecular flexibility index (Phi) is 7.14. The molecule has 1 saturated carbocycles. The van der Waals surface area contributed by atoms with Crippen molar-refractivity contribution in [1.29, 1.82) is 5.26 Å². The number of rotatable bonds is 5. The van der Waals surface area contributed by atoms with E-state index in [9.17, 15) is 4.79 Å². The minimum Gasteiger partial charge on any atom is -0.398 e. The number of nitrogens with one attached hydrogen (secondary N) is 3. The van der Waals surface area contributed by atoms with Crippen molar-refractivity contribution in [2.75, 3.05) is 19.3 Å². The maximum absolute atomic E-state index is 12.9. The van der Waals surface area contributed by atoms with E-state index in [0.29, 0.717) is 23.8 Å². The Morgan fingerprint density at radius 2 is 1.94 bits per heavy atom. The number of carbonyl (C=O) groups is 1. The second-order valence-electron chi connectivity index (χ2n) is 8.15. The molecule has 7 heteroatoms. The van der Waals surface area contributed by atoms with Gasteiger partial charge in [-0.2, -0.15) is 5.26 Å². The van der Waals surface area contributed by atoms with Crippen LogP contribution in [0.15, 0.2) is 53.5 Å². The standard InChI is InChI=1S/C24H30N6O/c1-17-8-9-20(21(26)14-17)22(31)28-15-24(18-6-4-3-5-7-18)12-10-19(11-13-24)30-23(27-2)29-16-25/h3-9,14,19H,10-13,15,26H2,1-2H3,(H,28,31)(H2,27,29,30). The summed E-state index contributed by atoms with van der Waals surface area (Å²) in [5, 5.41) is 17.9. The van der Waals surface area contributed by atoms with Gasteiger partial charge >= 0.3 is 0 Å². The lowest BCUT2D eigenvalue weighted by Gasteiger charge is -2.41. The Labute approximate surface area is 183 Å². The van der Waals surface area contributed by atoms with Crippen molar-refractivity contribution in [1.82, 2.24) is 16.0 Å². The maximum Gasteiger partial charge on any atom is 0.253 e. The molecule has 0 unspecified atom stereocenters. The second kappa shape index (κ2) is 9.98. The van der Waals surface area contributed by atoms with Gasteiger partial charge in [0.2, 0.25) is 5.96 Å². The van der Waals surface area contributed by atoms with E-state index in [1.54, 1.807) is 13.1 Å². The molecule has 7 nitrogen and oxygen atoms in total. The first-order chi connectivity index (χ1) is 15.0. The Balaban J connectivity index is 1.73. The monoisotopic (exact) mass is 418 g/mol. The van der Waals surface area contributed by atoms with Crippen LogP contribution in [-0.2, 0) is 5.41 Å². The molecule has 2 aromatic carbocycles. The first-order valence-corrected chi connectivity index (χ1v) is 10.6. The van der Waals surface area contributed by atoms with E-state index in [2.05, 4.69) is 33.1 Å². The van der Waals surface area contributed by atoms with Crippen molar-refractivity contribution in [3.63, 3.8) is 0 Å². The third-order valence-electron chi connectivity index (χ3n) is 6.11. The molecule has 0 atom stereocenters. The van der Waals surface area contributed by atoms with Crippen LogP contribution in [0.2, 0.25) is 0 Å². The molecule has 1 aliphatic rings. The van der Waals surface area contributed by atoms with Gasteiger partial charge in [-0.1, -0.05) is 36.4 Å². The highest BCUT2D eigenvalue weighted by Gasteiger charge is 2.37. The van der Waals surface area contributed by atoms with Crippen LogP contribution in [0.1, 0.15) is 47.2 Å². The number of anilines is 1. The van der Waals surface area contributed by atoms with E-state index < -0.39 is 0 Å². The summed E-state index contributed by atoms with van der Waals surface area (Å²) in [4.78, 5) is 16.9. The van der Waals surface area contributed by atoms with Gasteiger partial charge < -0.3 is 16.4 Å². The molecule has 5 N–H and O–H groups in total. The number of hydrogen-bond acceptors (Lipinski definition) is 4. The Morgan fingerprint density at radius 1 is 1.23 bits per heavy atom. The quantitative estimate of drug-likeness (QED) is 0.196. The molecule has 0 radical (unpaired) electrons. The van der Waals surface area contributed by atoms with Gasteiger partial charge in [0.15, 0.2) is 6.19 Å². The Hall–Kier alpha value is -3.53. The Morgan fingerprint density at radius 3 is 2.55 bits per heavy atom. The summed E-state index contributed by atoms with van der Waals surface area (Å²) in [5.41, 5.74) is 9.18. The normalized spacial score (nSPS) is 21.1. The number of nitrogens with two attached hydrogens (primary N) is 1. The molecular formula is C24H30N6O. The summed E-state index contributed by atoms with van der Waals surface area (Å²) in [6.07, 6.45) is 5.53. The van der Waals surface area contributed by atoms with E-state index in [1.165, 1.54) is 5.56 Å². The zero-order valence-corrected chi connectivity index (χ0v) is 18.1. The molecule has 0 spiro atoms. The highest BCUT2D eigenvalue weighted by molar-refractivity contribution is 5.99. The average molecular weight is 419 g/mol. The highest BCUT2D eigenvalue weighted by atomic mass is 16.1. The fraction of sp³-hybridized carbons (Fsp3) is 0.375.